The number of carbonyl (C=O) groups excluding carboxylic acids is 1. The minimum atomic E-state index is -0.0146. The molecule has 0 bridgehead atoms. The molecule has 1 saturated carbocycles. The summed E-state index contributed by atoms with van der Waals surface area (Å²) in [5.41, 5.74) is 1.18. The van der Waals surface area contributed by atoms with Crippen LogP contribution in [0.15, 0.2) is 34.7 Å². The molecule has 1 amide bonds. The third-order valence-electron chi connectivity index (χ3n) is 6.16. The van der Waals surface area contributed by atoms with E-state index in [2.05, 4.69) is 36.2 Å². The third kappa shape index (κ3) is 3.37. The number of hydrogen-bond donors (Lipinski definition) is 1. The molecule has 1 aliphatic heterocycles. The fourth-order valence-electron chi connectivity index (χ4n) is 4.47. The molecule has 2 aromatic rings. The SMILES string of the molecule is CCCN(C(=O)C1CC12CCNCC2)C(C)c1cc2ccccc2o1.Cl. The van der Waals surface area contributed by atoms with Gasteiger partial charge in [-0.05, 0) is 63.2 Å². The maximum absolute atomic E-state index is 13.3. The second-order valence-corrected chi connectivity index (χ2v) is 7.76. The molecule has 2 aliphatic rings. The molecule has 1 aliphatic carbocycles. The molecule has 1 aromatic carbocycles. The first-order chi connectivity index (χ1) is 12.1. The maximum Gasteiger partial charge on any atom is 0.226 e. The number of rotatable bonds is 5. The van der Waals surface area contributed by atoms with Crippen LogP contribution in [0.1, 0.15) is 51.3 Å². The maximum atomic E-state index is 13.3. The number of furan rings is 1. The van der Waals surface area contributed by atoms with Crippen molar-refractivity contribution < 1.29 is 9.21 Å². The van der Waals surface area contributed by atoms with Crippen LogP contribution in [-0.2, 0) is 4.79 Å². The summed E-state index contributed by atoms with van der Waals surface area (Å²) in [5, 5.41) is 4.52. The highest BCUT2D eigenvalue weighted by molar-refractivity contribution is 5.85. The Kier molecular flexibility index (Phi) is 5.64. The van der Waals surface area contributed by atoms with Gasteiger partial charge in [-0.3, -0.25) is 4.79 Å². The summed E-state index contributed by atoms with van der Waals surface area (Å²) in [6, 6.07) is 10.1. The minimum Gasteiger partial charge on any atom is -0.459 e. The molecule has 1 spiro atoms. The third-order valence-corrected chi connectivity index (χ3v) is 6.16. The standard InChI is InChI=1S/C21H28N2O2.ClH/c1-3-12-23(20(24)17-14-21(17)8-10-22-11-9-21)15(2)19-13-16-6-4-5-7-18(16)25-19;/h4-7,13,15,17,22H,3,8-12,14H2,1-2H3;1H. The van der Waals surface area contributed by atoms with Gasteiger partial charge in [0.1, 0.15) is 11.3 Å². The smallest absolute Gasteiger partial charge is 0.226 e. The summed E-state index contributed by atoms with van der Waals surface area (Å²) in [4.78, 5) is 15.3. The van der Waals surface area contributed by atoms with Crippen LogP contribution in [-0.4, -0.2) is 30.4 Å². The van der Waals surface area contributed by atoms with Crippen molar-refractivity contribution >= 4 is 29.3 Å². The molecular formula is C21H29ClN2O2. The van der Waals surface area contributed by atoms with E-state index >= 15 is 0 Å². The molecule has 4 nitrogen and oxygen atoms in total. The van der Waals surface area contributed by atoms with E-state index in [1.54, 1.807) is 0 Å². The first-order valence-corrected chi connectivity index (χ1v) is 9.64. The van der Waals surface area contributed by atoms with Crippen LogP contribution in [0.4, 0.5) is 0 Å². The average molecular weight is 377 g/mol. The van der Waals surface area contributed by atoms with Gasteiger partial charge in [0.15, 0.2) is 0 Å². The van der Waals surface area contributed by atoms with Gasteiger partial charge >= 0.3 is 0 Å². The van der Waals surface area contributed by atoms with Crippen molar-refractivity contribution in [3.8, 4) is 0 Å². The van der Waals surface area contributed by atoms with Gasteiger partial charge in [0.05, 0.1) is 6.04 Å². The van der Waals surface area contributed by atoms with Crippen LogP contribution in [0.2, 0.25) is 0 Å². The normalized spacial score (nSPS) is 22.0. The lowest BCUT2D eigenvalue weighted by Gasteiger charge is -2.30. The summed E-state index contributed by atoms with van der Waals surface area (Å²) in [5.74, 6) is 1.44. The second-order valence-electron chi connectivity index (χ2n) is 7.76. The molecule has 26 heavy (non-hydrogen) atoms. The summed E-state index contributed by atoms with van der Waals surface area (Å²) in [7, 11) is 0. The molecule has 1 saturated heterocycles. The Bertz CT molecular complexity index is 733. The number of nitrogens with one attached hydrogen (secondary N) is 1. The van der Waals surface area contributed by atoms with Crippen LogP contribution in [0, 0.1) is 11.3 Å². The van der Waals surface area contributed by atoms with Crippen molar-refractivity contribution in [3.63, 3.8) is 0 Å². The highest BCUT2D eigenvalue weighted by atomic mass is 35.5. The Morgan fingerprint density at radius 2 is 2.08 bits per heavy atom. The Labute approximate surface area is 161 Å². The van der Waals surface area contributed by atoms with Crippen molar-refractivity contribution in [1.82, 2.24) is 10.2 Å². The van der Waals surface area contributed by atoms with Gasteiger partial charge in [-0.1, -0.05) is 25.1 Å². The number of carbonyl (C=O) groups is 1. The van der Waals surface area contributed by atoms with E-state index < -0.39 is 0 Å². The van der Waals surface area contributed by atoms with Gasteiger partial charge in [0, 0.05) is 17.8 Å². The molecule has 2 atom stereocenters. The molecule has 142 valence electrons. The molecule has 5 heteroatoms. The Morgan fingerprint density at radius 1 is 1.35 bits per heavy atom. The van der Waals surface area contributed by atoms with E-state index in [1.807, 2.05) is 18.2 Å². The Balaban J connectivity index is 0.00000196. The lowest BCUT2D eigenvalue weighted by atomic mass is 9.91. The van der Waals surface area contributed by atoms with Crippen LogP contribution in [0.25, 0.3) is 11.0 Å². The average Bonchev–Trinajstić information content (AvgIpc) is 3.14. The number of piperidine rings is 1. The van der Waals surface area contributed by atoms with E-state index in [4.69, 9.17) is 4.42 Å². The second kappa shape index (κ2) is 7.61. The quantitative estimate of drug-likeness (QED) is 0.832. The van der Waals surface area contributed by atoms with E-state index in [-0.39, 0.29) is 29.8 Å². The van der Waals surface area contributed by atoms with Crippen LogP contribution in [0.3, 0.4) is 0 Å². The zero-order valence-electron chi connectivity index (χ0n) is 15.7. The molecular weight excluding hydrogens is 348 g/mol. The summed E-state index contributed by atoms with van der Waals surface area (Å²) in [6.07, 6.45) is 4.32. The predicted octanol–water partition coefficient (Wildman–Crippen LogP) is 4.54. The van der Waals surface area contributed by atoms with Gasteiger partial charge in [-0.25, -0.2) is 0 Å². The first-order valence-electron chi connectivity index (χ1n) is 9.64. The minimum absolute atomic E-state index is 0. The van der Waals surface area contributed by atoms with Crippen LogP contribution >= 0.6 is 12.4 Å². The van der Waals surface area contributed by atoms with Gasteiger partial charge in [0.25, 0.3) is 0 Å². The molecule has 2 unspecified atom stereocenters. The zero-order valence-corrected chi connectivity index (χ0v) is 16.5. The Morgan fingerprint density at radius 3 is 2.77 bits per heavy atom. The van der Waals surface area contributed by atoms with Gasteiger partial charge in [-0.15, -0.1) is 12.4 Å². The van der Waals surface area contributed by atoms with Gasteiger partial charge in [0.2, 0.25) is 5.91 Å². The monoisotopic (exact) mass is 376 g/mol. The number of halogens is 1. The van der Waals surface area contributed by atoms with E-state index in [9.17, 15) is 4.79 Å². The van der Waals surface area contributed by atoms with Crippen molar-refractivity contribution in [1.29, 1.82) is 0 Å². The summed E-state index contributed by atoms with van der Waals surface area (Å²) in [6.45, 7) is 7.14. The fourth-order valence-corrected chi connectivity index (χ4v) is 4.47. The number of benzene rings is 1. The van der Waals surface area contributed by atoms with E-state index in [1.165, 1.54) is 0 Å². The number of para-hydroxylation sites is 1. The van der Waals surface area contributed by atoms with Gasteiger partial charge in [-0.2, -0.15) is 0 Å². The molecule has 2 fully saturated rings. The molecule has 1 aromatic heterocycles. The number of nitrogens with zero attached hydrogens (tertiary/aromatic N) is 1. The predicted molar refractivity (Wildman–Crippen MR) is 107 cm³/mol. The van der Waals surface area contributed by atoms with Gasteiger partial charge < -0.3 is 14.6 Å². The van der Waals surface area contributed by atoms with Crippen LogP contribution < -0.4 is 5.32 Å². The largest absolute Gasteiger partial charge is 0.459 e. The number of hydrogen-bond acceptors (Lipinski definition) is 3. The lowest BCUT2D eigenvalue weighted by Crippen LogP contribution is -2.38. The summed E-state index contributed by atoms with van der Waals surface area (Å²) >= 11 is 0. The fraction of sp³-hybridized carbons (Fsp3) is 0.571. The lowest BCUT2D eigenvalue weighted by molar-refractivity contribution is -0.136. The molecule has 0 radical (unpaired) electrons. The zero-order chi connectivity index (χ0) is 17.4. The van der Waals surface area contributed by atoms with Crippen molar-refractivity contribution in [2.24, 2.45) is 11.3 Å². The molecule has 4 rings (SSSR count). The van der Waals surface area contributed by atoms with Crippen molar-refractivity contribution in [2.75, 3.05) is 19.6 Å². The number of fused-ring (bicyclic) bond motifs is 1. The van der Waals surface area contributed by atoms with E-state index in [0.29, 0.717) is 5.91 Å². The molecule has 2 heterocycles. The highest BCUT2D eigenvalue weighted by Gasteiger charge is 2.58. The number of amides is 1. The highest BCUT2D eigenvalue weighted by Crippen LogP contribution is 2.59. The Hall–Kier alpha value is -1.52. The van der Waals surface area contributed by atoms with Crippen molar-refractivity contribution in [3.05, 3.63) is 36.1 Å². The summed E-state index contributed by atoms with van der Waals surface area (Å²) < 4.78 is 6.04. The van der Waals surface area contributed by atoms with Crippen LogP contribution in [0.5, 0.6) is 0 Å². The van der Waals surface area contributed by atoms with Crippen molar-refractivity contribution in [2.45, 2.75) is 45.6 Å². The topological polar surface area (TPSA) is 45.5 Å². The first kappa shape index (κ1) is 19.2. The van der Waals surface area contributed by atoms with E-state index in [0.717, 1.165) is 62.0 Å². The molecule has 1 N–H and O–H groups in total.